The SMILES string of the molecule is CC(C)(C)OC(=O)N1CC[N+](C)([O-])CC1. The van der Waals surface area contributed by atoms with E-state index in [-0.39, 0.29) is 10.7 Å². The van der Waals surface area contributed by atoms with Crippen LogP contribution >= 0.6 is 0 Å². The number of hydroxylamine groups is 3. The van der Waals surface area contributed by atoms with E-state index in [1.807, 2.05) is 20.8 Å². The Morgan fingerprint density at radius 3 is 2.20 bits per heavy atom. The Morgan fingerprint density at radius 1 is 1.33 bits per heavy atom. The molecule has 1 saturated heterocycles. The summed E-state index contributed by atoms with van der Waals surface area (Å²) >= 11 is 0. The number of quaternary nitrogens is 1. The minimum Gasteiger partial charge on any atom is -0.633 e. The normalized spacial score (nSPS) is 21.3. The van der Waals surface area contributed by atoms with Crippen LogP contribution in [0, 0.1) is 5.21 Å². The summed E-state index contributed by atoms with van der Waals surface area (Å²) in [7, 11) is 1.63. The van der Waals surface area contributed by atoms with Crippen molar-refractivity contribution in [3.63, 3.8) is 0 Å². The Balaban J connectivity index is 2.44. The maximum absolute atomic E-state index is 11.6. The van der Waals surface area contributed by atoms with Gasteiger partial charge in [-0.15, -0.1) is 0 Å². The largest absolute Gasteiger partial charge is 0.633 e. The van der Waals surface area contributed by atoms with E-state index < -0.39 is 5.60 Å². The third kappa shape index (κ3) is 4.05. The lowest BCUT2D eigenvalue weighted by Crippen LogP contribution is -2.55. The Morgan fingerprint density at radius 2 is 1.80 bits per heavy atom. The second-order valence-electron chi connectivity index (χ2n) is 5.21. The van der Waals surface area contributed by atoms with Crippen LogP contribution in [0.3, 0.4) is 0 Å². The van der Waals surface area contributed by atoms with Crippen LogP contribution in [0.1, 0.15) is 20.8 Å². The van der Waals surface area contributed by atoms with E-state index >= 15 is 0 Å². The van der Waals surface area contributed by atoms with Crippen molar-refractivity contribution in [3.8, 4) is 0 Å². The van der Waals surface area contributed by atoms with Crippen molar-refractivity contribution in [1.82, 2.24) is 4.90 Å². The highest BCUT2D eigenvalue weighted by Crippen LogP contribution is 2.13. The fourth-order valence-corrected chi connectivity index (χ4v) is 1.40. The molecule has 0 unspecified atom stereocenters. The van der Waals surface area contributed by atoms with Crippen LogP contribution in [-0.2, 0) is 4.74 Å². The summed E-state index contributed by atoms with van der Waals surface area (Å²) in [5, 5.41) is 11.5. The van der Waals surface area contributed by atoms with Gasteiger partial charge >= 0.3 is 6.09 Å². The van der Waals surface area contributed by atoms with Gasteiger partial charge in [-0.1, -0.05) is 0 Å². The predicted octanol–water partition coefficient (Wildman–Crippen LogP) is 1.18. The first-order valence-electron chi connectivity index (χ1n) is 5.23. The average Bonchev–Trinajstić information content (AvgIpc) is 2.00. The molecule has 1 aliphatic heterocycles. The van der Waals surface area contributed by atoms with Gasteiger partial charge < -0.3 is 14.6 Å². The average molecular weight is 216 g/mol. The number of hydrogen-bond acceptors (Lipinski definition) is 3. The molecule has 15 heavy (non-hydrogen) atoms. The fraction of sp³-hybridized carbons (Fsp3) is 0.900. The smallest absolute Gasteiger partial charge is 0.410 e. The molecule has 0 aromatic carbocycles. The number of carbonyl (C=O) groups excluding carboxylic acids is 1. The molecule has 0 spiro atoms. The molecule has 1 heterocycles. The fourth-order valence-electron chi connectivity index (χ4n) is 1.40. The number of carbonyl (C=O) groups is 1. The molecule has 1 fully saturated rings. The number of likely N-dealkylation sites (N-methyl/N-ethyl adjacent to an activating group) is 1. The zero-order valence-corrected chi connectivity index (χ0v) is 9.95. The quantitative estimate of drug-likeness (QED) is 0.451. The maximum Gasteiger partial charge on any atom is 0.410 e. The first kappa shape index (κ1) is 12.3. The minimum absolute atomic E-state index is 0.265. The number of hydrogen-bond donors (Lipinski definition) is 0. The molecule has 5 nitrogen and oxygen atoms in total. The van der Waals surface area contributed by atoms with Gasteiger partial charge in [-0.25, -0.2) is 4.79 Å². The van der Waals surface area contributed by atoms with E-state index in [0.717, 1.165) is 0 Å². The van der Waals surface area contributed by atoms with Gasteiger partial charge in [0.25, 0.3) is 0 Å². The summed E-state index contributed by atoms with van der Waals surface area (Å²) in [5.74, 6) is 0. The van der Waals surface area contributed by atoms with Crippen LogP contribution in [0.15, 0.2) is 0 Å². The Labute approximate surface area is 90.8 Å². The summed E-state index contributed by atoms with van der Waals surface area (Å²) in [6, 6.07) is 0. The molecule has 1 aliphatic rings. The summed E-state index contributed by atoms with van der Waals surface area (Å²) < 4.78 is 4.96. The van der Waals surface area contributed by atoms with Crippen molar-refractivity contribution in [2.75, 3.05) is 33.2 Å². The molecule has 0 aromatic heterocycles. The standard InChI is InChI=1S/C10H20N2O3/c1-10(2,3)15-9(13)11-5-7-12(4,14)8-6-11/h5-8H2,1-4H3. The number of piperazine rings is 1. The van der Waals surface area contributed by atoms with E-state index in [9.17, 15) is 10.0 Å². The zero-order valence-electron chi connectivity index (χ0n) is 9.95. The van der Waals surface area contributed by atoms with Crippen molar-refractivity contribution in [3.05, 3.63) is 5.21 Å². The van der Waals surface area contributed by atoms with E-state index in [0.29, 0.717) is 26.2 Å². The van der Waals surface area contributed by atoms with Crippen molar-refractivity contribution in [2.45, 2.75) is 26.4 Å². The number of nitrogens with zero attached hydrogens (tertiary/aromatic N) is 2. The summed E-state index contributed by atoms with van der Waals surface area (Å²) in [6.45, 7) is 7.36. The molecule has 5 heteroatoms. The van der Waals surface area contributed by atoms with Crippen LogP contribution < -0.4 is 0 Å². The molecule has 1 amide bonds. The summed E-state index contributed by atoms with van der Waals surface area (Å²) in [4.78, 5) is 13.2. The van der Waals surface area contributed by atoms with E-state index in [1.54, 1.807) is 11.9 Å². The van der Waals surface area contributed by atoms with Gasteiger partial charge in [0, 0.05) is 0 Å². The molecule has 88 valence electrons. The van der Waals surface area contributed by atoms with Crippen LogP contribution in [0.25, 0.3) is 0 Å². The van der Waals surface area contributed by atoms with Crippen LogP contribution in [-0.4, -0.2) is 54.5 Å². The Bertz CT molecular complexity index is 236. The molecule has 0 saturated carbocycles. The lowest BCUT2D eigenvalue weighted by atomic mass is 10.2. The van der Waals surface area contributed by atoms with Crippen molar-refractivity contribution >= 4 is 6.09 Å². The second-order valence-corrected chi connectivity index (χ2v) is 5.21. The van der Waals surface area contributed by atoms with Crippen molar-refractivity contribution in [1.29, 1.82) is 0 Å². The Hall–Kier alpha value is -0.810. The molecule has 0 aromatic rings. The number of rotatable bonds is 0. The summed E-state index contributed by atoms with van der Waals surface area (Å²) in [6.07, 6.45) is -0.317. The maximum atomic E-state index is 11.6. The third-order valence-electron chi connectivity index (χ3n) is 2.34. The van der Waals surface area contributed by atoms with Gasteiger partial charge in [0.15, 0.2) is 0 Å². The van der Waals surface area contributed by atoms with Gasteiger partial charge in [-0.2, -0.15) is 0 Å². The highest BCUT2D eigenvalue weighted by Gasteiger charge is 2.28. The third-order valence-corrected chi connectivity index (χ3v) is 2.34. The molecule has 0 atom stereocenters. The molecule has 0 radical (unpaired) electrons. The Kier molecular flexibility index (Phi) is 3.25. The first-order valence-corrected chi connectivity index (χ1v) is 5.23. The molecular formula is C10H20N2O3. The van der Waals surface area contributed by atoms with Gasteiger partial charge in [0.2, 0.25) is 0 Å². The molecule has 0 bridgehead atoms. The lowest BCUT2D eigenvalue weighted by Gasteiger charge is -2.45. The number of ether oxygens (including phenoxy) is 1. The first-order chi connectivity index (χ1) is 6.70. The molecule has 1 rings (SSSR count). The summed E-state index contributed by atoms with van der Waals surface area (Å²) in [5.41, 5.74) is -0.468. The van der Waals surface area contributed by atoms with Crippen molar-refractivity contribution in [2.24, 2.45) is 0 Å². The minimum atomic E-state index is -0.468. The number of amides is 1. The van der Waals surface area contributed by atoms with Crippen LogP contribution in [0.4, 0.5) is 4.79 Å². The van der Waals surface area contributed by atoms with Gasteiger partial charge in [0.1, 0.15) is 5.60 Å². The van der Waals surface area contributed by atoms with E-state index in [4.69, 9.17) is 4.74 Å². The van der Waals surface area contributed by atoms with E-state index in [1.165, 1.54) is 0 Å². The predicted molar refractivity (Wildman–Crippen MR) is 57.1 cm³/mol. The molecule has 0 aliphatic carbocycles. The monoisotopic (exact) mass is 216 g/mol. The van der Waals surface area contributed by atoms with Crippen molar-refractivity contribution < 1.29 is 14.2 Å². The highest BCUT2D eigenvalue weighted by atomic mass is 16.6. The van der Waals surface area contributed by atoms with Gasteiger partial charge in [-0.3, -0.25) is 4.90 Å². The van der Waals surface area contributed by atoms with E-state index in [2.05, 4.69) is 0 Å². The van der Waals surface area contributed by atoms with Gasteiger partial charge in [0.05, 0.1) is 33.2 Å². The van der Waals surface area contributed by atoms with Gasteiger partial charge in [-0.05, 0) is 20.8 Å². The molecular weight excluding hydrogens is 196 g/mol. The second kappa shape index (κ2) is 3.98. The van der Waals surface area contributed by atoms with Crippen LogP contribution in [0.2, 0.25) is 0 Å². The van der Waals surface area contributed by atoms with Crippen LogP contribution in [0.5, 0.6) is 0 Å². The zero-order chi connectivity index (χ0) is 11.7. The molecule has 0 N–H and O–H groups in total. The highest BCUT2D eigenvalue weighted by molar-refractivity contribution is 5.68. The lowest BCUT2D eigenvalue weighted by molar-refractivity contribution is -0.864. The topological polar surface area (TPSA) is 52.6 Å².